The maximum Gasteiger partial charge on any atom is 0.266 e. The molecule has 1 rings (SSSR count). The average Bonchev–Trinajstić information content (AvgIpc) is 2.59. The topological polar surface area (TPSA) is 29.5 Å². The molecule has 1 saturated heterocycles. The molecule has 17 heavy (non-hydrogen) atoms. The summed E-state index contributed by atoms with van der Waals surface area (Å²) in [5.41, 5.74) is 0. The van der Waals surface area contributed by atoms with Crippen LogP contribution in [0.1, 0.15) is 34.1 Å². The lowest BCUT2D eigenvalue weighted by molar-refractivity contribution is -0.129. The van der Waals surface area contributed by atoms with Gasteiger partial charge in [-0.3, -0.25) is 9.69 Å². The quantitative estimate of drug-likeness (QED) is 0.631. The number of nitrogens with zero attached hydrogens (tertiary/aromatic N) is 1. The first-order chi connectivity index (χ1) is 7.84. The molecule has 0 aromatic rings. The van der Waals surface area contributed by atoms with Crippen molar-refractivity contribution in [2.24, 2.45) is 11.8 Å². The summed E-state index contributed by atoms with van der Waals surface area (Å²) in [6.07, 6.45) is 0.410. The normalized spacial score (nSPS) is 22.2. The molecule has 0 spiro atoms. The Kier molecular flexibility index (Phi) is 5.25. The lowest BCUT2D eigenvalue weighted by atomic mass is 10.0. The summed E-state index contributed by atoms with van der Waals surface area (Å²) in [5, 5.41) is 0.386. The van der Waals surface area contributed by atoms with Crippen LogP contribution in [0, 0.1) is 11.8 Å². The number of hydrogen-bond donors (Lipinski definition) is 1. The van der Waals surface area contributed by atoms with E-state index < -0.39 is 0 Å². The molecule has 0 aromatic heterocycles. The average molecular weight is 275 g/mol. The third kappa shape index (κ3) is 3.58. The molecule has 0 aromatic carbocycles. The lowest BCUT2D eigenvalue weighted by Gasteiger charge is -2.25. The number of amides is 1. The van der Waals surface area contributed by atoms with Gasteiger partial charge in [-0.2, -0.15) is 12.6 Å². The molecule has 0 N–H and O–H groups in total. The Morgan fingerprint density at radius 1 is 1.53 bits per heavy atom. The molecular formula is C12H21NO2S2. The van der Waals surface area contributed by atoms with Crippen LogP contribution in [0.2, 0.25) is 0 Å². The van der Waals surface area contributed by atoms with E-state index in [0.717, 1.165) is 0 Å². The summed E-state index contributed by atoms with van der Waals surface area (Å²) in [7, 11) is 0. The Morgan fingerprint density at radius 2 is 2.12 bits per heavy atom. The Balaban J connectivity index is 2.69. The van der Waals surface area contributed by atoms with Crippen LogP contribution in [0.3, 0.4) is 0 Å². The number of rotatable bonds is 4. The predicted molar refractivity (Wildman–Crippen MR) is 76.3 cm³/mol. The molecule has 0 unspecified atom stereocenters. The monoisotopic (exact) mass is 275 g/mol. The van der Waals surface area contributed by atoms with Crippen LogP contribution in [-0.2, 0) is 9.53 Å². The fraction of sp³-hybridized carbons (Fsp3) is 0.833. The van der Waals surface area contributed by atoms with Gasteiger partial charge in [-0.25, -0.2) is 0 Å². The Labute approximate surface area is 114 Å². The van der Waals surface area contributed by atoms with Crippen molar-refractivity contribution in [2.75, 3.05) is 6.61 Å². The van der Waals surface area contributed by atoms with Crippen molar-refractivity contribution < 1.29 is 9.53 Å². The van der Waals surface area contributed by atoms with E-state index in [1.165, 1.54) is 0 Å². The number of hydrogen-bond acceptors (Lipinski definition) is 4. The molecular weight excluding hydrogens is 254 g/mol. The highest BCUT2D eigenvalue weighted by Gasteiger charge is 2.37. The molecule has 2 atom stereocenters. The summed E-state index contributed by atoms with van der Waals surface area (Å²) in [5.74, 6) is 0.744. The highest BCUT2D eigenvalue weighted by atomic mass is 32.1. The number of ether oxygens (including phenoxy) is 1. The van der Waals surface area contributed by atoms with Gasteiger partial charge in [0, 0.05) is 11.7 Å². The third-order valence-electron chi connectivity index (χ3n) is 3.10. The van der Waals surface area contributed by atoms with Crippen molar-refractivity contribution in [1.29, 1.82) is 0 Å². The van der Waals surface area contributed by atoms with Gasteiger partial charge >= 0.3 is 0 Å². The first kappa shape index (κ1) is 14.8. The van der Waals surface area contributed by atoms with Crippen molar-refractivity contribution in [1.82, 2.24) is 4.90 Å². The van der Waals surface area contributed by atoms with Crippen molar-refractivity contribution in [2.45, 2.75) is 45.4 Å². The maximum absolute atomic E-state index is 12.2. The first-order valence-corrected chi connectivity index (χ1v) is 6.94. The fourth-order valence-electron chi connectivity index (χ4n) is 1.73. The minimum absolute atomic E-state index is 0.0277. The van der Waals surface area contributed by atoms with Gasteiger partial charge in [0.1, 0.15) is 6.61 Å². The highest BCUT2D eigenvalue weighted by molar-refractivity contribution is 7.81. The third-order valence-corrected chi connectivity index (χ3v) is 4.19. The number of carbonyl (C=O) groups excluding carboxylic acids is 1. The van der Waals surface area contributed by atoms with E-state index in [1.807, 2.05) is 0 Å². The number of thiol groups is 1. The fourth-order valence-corrected chi connectivity index (χ4v) is 2.19. The van der Waals surface area contributed by atoms with Gasteiger partial charge in [0.15, 0.2) is 0 Å². The Morgan fingerprint density at radius 3 is 2.59 bits per heavy atom. The summed E-state index contributed by atoms with van der Waals surface area (Å²) in [4.78, 5) is 13.8. The molecule has 0 saturated carbocycles. The second-order valence-electron chi connectivity index (χ2n) is 5.17. The smallest absolute Gasteiger partial charge is 0.266 e. The van der Waals surface area contributed by atoms with Crippen LogP contribution < -0.4 is 0 Å². The summed E-state index contributed by atoms with van der Waals surface area (Å²) >= 11 is 9.53. The second-order valence-corrected chi connectivity index (χ2v) is 6.18. The van der Waals surface area contributed by atoms with E-state index in [2.05, 4.69) is 40.3 Å². The van der Waals surface area contributed by atoms with Crippen molar-refractivity contribution >= 4 is 35.9 Å². The van der Waals surface area contributed by atoms with Gasteiger partial charge in [-0.1, -0.05) is 27.7 Å². The Hall–Kier alpha value is -0.290. The number of thiocarbonyl (C=S) groups is 1. The molecule has 1 fully saturated rings. The van der Waals surface area contributed by atoms with Crippen molar-refractivity contribution in [3.05, 3.63) is 0 Å². The van der Waals surface area contributed by atoms with Gasteiger partial charge in [-0.05, 0) is 24.1 Å². The van der Waals surface area contributed by atoms with E-state index in [9.17, 15) is 4.79 Å². The van der Waals surface area contributed by atoms with Crippen LogP contribution in [0.5, 0.6) is 0 Å². The zero-order valence-electron chi connectivity index (χ0n) is 10.8. The summed E-state index contributed by atoms with van der Waals surface area (Å²) in [6, 6.07) is 0.0719. The molecule has 3 nitrogen and oxygen atoms in total. The second kappa shape index (κ2) is 6.05. The van der Waals surface area contributed by atoms with Crippen LogP contribution in [0.15, 0.2) is 0 Å². The summed E-state index contributed by atoms with van der Waals surface area (Å²) < 4.78 is 5.31. The standard InChI is InChI=1S/C12H21NO2S2/c1-7(2)9-6-15-12(17)13(9)11(14)5-10(16)8(3)4/h7-10,16H,5-6H2,1-4H3/t9-,10+/m1/s1. The summed E-state index contributed by atoms with van der Waals surface area (Å²) in [6.45, 7) is 8.78. The molecule has 5 heteroatoms. The van der Waals surface area contributed by atoms with E-state index in [-0.39, 0.29) is 17.2 Å². The van der Waals surface area contributed by atoms with Crippen LogP contribution >= 0.6 is 24.8 Å². The molecule has 0 radical (unpaired) electrons. The molecule has 98 valence electrons. The van der Waals surface area contributed by atoms with Crippen molar-refractivity contribution in [3.8, 4) is 0 Å². The molecule has 1 aliphatic heterocycles. The zero-order chi connectivity index (χ0) is 13.2. The SMILES string of the molecule is CC(C)[C@H]1COC(=S)N1C(=O)C[C@H](S)C(C)C. The van der Waals surface area contributed by atoms with Gasteiger partial charge in [0.05, 0.1) is 6.04 Å². The van der Waals surface area contributed by atoms with Crippen LogP contribution in [0.25, 0.3) is 0 Å². The van der Waals surface area contributed by atoms with Gasteiger partial charge in [0.25, 0.3) is 5.17 Å². The van der Waals surface area contributed by atoms with E-state index in [4.69, 9.17) is 17.0 Å². The maximum atomic E-state index is 12.2. The minimum atomic E-state index is 0.0277. The Bertz CT molecular complexity index is 305. The minimum Gasteiger partial charge on any atom is -0.468 e. The van der Waals surface area contributed by atoms with Crippen molar-refractivity contribution in [3.63, 3.8) is 0 Å². The molecule has 1 amide bonds. The molecule has 1 heterocycles. The molecule has 0 bridgehead atoms. The zero-order valence-corrected chi connectivity index (χ0v) is 12.6. The van der Waals surface area contributed by atoms with Gasteiger partial charge in [-0.15, -0.1) is 0 Å². The number of carbonyl (C=O) groups is 1. The van der Waals surface area contributed by atoms with E-state index >= 15 is 0 Å². The molecule has 1 aliphatic rings. The van der Waals surface area contributed by atoms with Gasteiger partial charge < -0.3 is 4.74 Å². The largest absolute Gasteiger partial charge is 0.468 e. The van der Waals surface area contributed by atoms with E-state index in [0.29, 0.717) is 30.0 Å². The van der Waals surface area contributed by atoms with E-state index in [1.54, 1.807) is 4.90 Å². The van der Waals surface area contributed by atoms with Crippen LogP contribution in [-0.4, -0.2) is 33.9 Å². The van der Waals surface area contributed by atoms with Gasteiger partial charge in [0.2, 0.25) is 5.91 Å². The predicted octanol–water partition coefficient (Wildman–Crippen LogP) is 2.50. The highest BCUT2D eigenvalue weighted by Crippen LogP contribution is 2.23. The van der Waals surface area contributed by atoms with Crippen LogP contribution in [0.4, 0.5) is 0 Å². The lowest BCUT2D eigenvalue weighted by Crippen LogP contribution is -2.42. The molecule has 0 aliphatic carbocycles. The first-order valence-electron chi connectivity index (χ1n) is 6.01.